The summed E-state index contributed by atoms with van der Waals surface area (Å²) >= 11 is 0. The average molecular weight is 248 g/mol. The van der Waals surface area contributed by atoms with Gasteiger partial charge in [-0.3, -0.25) is 0 Å². The van der Waals surface area contributed by atoms with Gasteiger partial charge < -0.3 is 16.2 Å². The molecule has 0 aliphatic rings. The normalized spacial score (nSPS) is 11.5. The van der Waals surface area contributed by atoms with Crippen molar-refractivity contribution >= 4 is 5.69 Å². The molecular formula is C11H15F3N2O. The summed E-state index contributed by atoms with van der Waals surface area (Å²) in [5.41, 5.74) is 9.38. The van der Waals surface area contributed by atoms with Gasteiger partial charge in [0.15, 0.2) is 0 Å². The highest BCUT2D eigenvalue weighted by atomic mass is 19.4. The third-order valence-corrected chi connectivity index (χ3v) is 2.20. The standard InChI is InChI=1S/C11H15F3N2O/c12-11(13,14)9-7-8(3-4-10(9)16)17-6-2-1-5-15/h3-4,7H,1-2,5-6,15-16H2. The first-order valence-corrected chi connectivity index (χ1v) is 5.24. The lowest BCUT2D eigenvalue weighted by Crippen LogP contribution is -2.09. The lowest BCUT2D eigenvalue weighted by molar-refractivity contribution is -0.137. The molecule has 1 aromatic carbocycles. The fourth-order valence-electron chi connectivity index (χ4n) is 1.31. The second-order valence-electron chi connectivity index (χ2n) is 3.59. The van der Waals surface area contributed by atoms with Crippen LogP contribution >= 0.6 is 0 Å². The van der Waals surface area contributed by atoms with Crippen LogP contribution in [0.2, 0.25) is 0 Å². The smallest absolute Gasteiger partial charge is 0.418 e. The monoisotopic (exact) mass is 248 g/mol. The maximum Gasteiger partial charge on any atom is 0.418 e. The largest absolute Gasteiger partial charge is 0.494 e. The number of unbranched alkanes of at least 4 members (excludes halogenated alkanes) is 1. The molecule has 0 radical (unpaired) electrons. The van der Waals surface area contributed by atoms with E-state index in [9.17, 15) is 13.2 Å². The second kappa shape index (κ2) is 5.77. The molecule has 0 fully saturated rings. The Bertz CT molecular complexity index is 366. The van der Waals surface area contributed by atoms with Gasteiger partial charge in [0.2, 0.25) is 0 Å². The minimum absolute atomic E-state index is 0.170. The number of benzene rings is 1. The van der Waals surface area contributed by atoms with Crippen molar-refractivity contribution in [3.8, 4) is 5.75 Å². The van der Waals surface area contributed by atoms with E-state index in [0.29, 0.717) is 19.6 Å². The van der Waals surface area contributed by atoms with Gasteiger partial charge >= 0.3 is 6.18 Å². The molecule has 96 valence electrons. The predicted octanol–water partition coefficient (Wildman–Crippen LogP) is 2.41. The molecule has 0 aromatic heterocycles. The van der Waals surface area contributed by atoms with E-state index >= 15 is 0 Å². The van der Waals surface area contributed by atoms with Gasteiger partial charge in [0.1, 0.15) is 5.75 Å². The molecule has 3 nitrogen and oxygen atoms in total. The highest BCUT2D eigenvalue weighted by Crippen LogP contribution is 2.35. The molecule has 1 aromatic rings. The minimum atomic E-state index is -4.46. The first-order chi connectivity index (χ1) is 7.95. The van der Waals surface area contributed by atoms with Crippen LogP contribution in [-0.4, -0.2) is 13.2 Å². The maximum atomic E-state index is 12.5. The number of anilines is 1. The Hall–Kier alpha value is -1.43. The number of nitrogens with two attached hydrogens (primary N) is 2. The predicted molar refractivity (Wildman–Crippen MR) is 59.6 cm³/mol. The second-order valence-corrected chi connectivity index (χ2v) is 3.59. The van der Waals surface area contributed by atoms with Gasteiger partial charge in [-0.1, -0.05) is 0 Å². The Balaban J connectivity index is 2.69. The molecule has 6 heteroatoms. The van der Waals surface area contributed by atoms with Gasteiger partial charge in [-0.05, 0) is 37.6 Å². The van der Waals surface area contributed by atoms with Gasteiger partial charge in [0.05, 0.1) is 12.2 Å². The summed E-state index contributed by atoms with van der Waals surface area (Å²) in [6.45, 7) is 0.886. The molecule has 0 aliphatic carbocycles. The number of ether oxygens (including phenoxy) is 1. The molecule has 0 saturated heterocycles. The number of halogens is 3. The van der Waals surface area contributed by atoms with Gasteiger partial charge in [0, 0.05) is 5.69 Å². The van der Waals surface area contributed by atoms with Crippen molar-refractivity contribution in [1.29, 1.82) is 0 Å². The highest BCUT2D eigenvalue weighted by Gasteiger charge is 2.33. The van der Waals surface area contributed by atoms with E-state index in [0.717, 1.165) is 12.5 Å². The van der Waals surface area contributed by atoms with Crippen LogP contribution in [0.15, 0.2) is 18.2 Å². The highest BCUT2D eigenvalue weighted by molar-refractivity contribution is 5.51. The Labute approximate surface area is 97.5 Å². The SMILES string of the molecule is NCCCCOc1ccc(N)c(C(F)(F)F)c1. The van der Waals surface area contributed by atoms with Crippen molar-refractivity contribution in [3.63, 3.8) is 0 Å². The zero-order chi connectivity index (χ0) is 12.9. The lowest BCUT2D eigenvalue weighted by Gasteiger charge is -2.12. The van der Waals surface area contributed by atoms with Crippen LogP contribution in [0.4, 0.5) is 18.9 Å². The number of nitrogen functional groups attached to an aromatic ring is 1. The molecule has 0 bridgehead atoms. The molecule has 0 unspecified atom stereocenters. The molecule has 0 atom stereocenters. The van der Waals surface area contributed by atoms with Crippen LogP contribution in [0.1, 0.15) is 18.4 Å². The van der Waals surface area contributed by atoms with E-state index in [1.54, 1.807) is 0 Å². The zero-order valence-electron chi connectivity index (χ0n) is 9.26. The minimum Gasteiger partial charge on any atom is -0.494 e. The number of hydrogen-bond acceptors (Lipinski definition) is 3. The summed E-state index contributed by atoms with van der Waals surface area (Å²) in [6, 6.07) is 3.53. The fraction of sp³-hybridized carbons (Fsp3) is 0.455. The van der Waals surface area contributed by atoms with Crippen LogP contribution in [-0.2, 0) is 6.18 Å². The number of alkyl halides is 3. The third kappa shape index (κ3) is 4.14. The summed E-state index contributed by atoms with van der Waals surface area (Å²) in [6.07, 6.45) is -2.97. The van der Waals surface area contributed by atoms with E-state index < -0.39 is 11.7 Å². The zero-order valence-corrected chi connectivity index (χ0v) is 9.26. The first kappa shape index (κ1) is 13.6. The average Bonchev–Trinajstić information content (AvgIpc) is 2.25. The van der Waals surface area contributed by atoms with E-state index in [4.69, 9.17) is 16.2 Å². The quantitative estimate of drug-likeness (QED) is 0.621. The summed E-state index contributed by atoms with van der Waals surface area (Å²) in [5.74, 6) is 0.170. The van der Waals surface area contributed by atoms with Crippen LogP contribution in [0, 0.1) is 0 Å². The molecule has 4 N–H and O–H groups in total. The van der Waals surface area contributed by atoms with E-state index in [1.807, 2.05) is 0 Å². The topological polar surface area (TPSA) is 61.3 Å². The molecule has 0 saturated carbocycles. The summed E-state index contributed by atoms with van der Waals surface area (Å²) in [4.78, 5) is 0. The Kier molecular flexibility index (Phi) is 4.62. The van der Waals surface area contributed by atoms with Gasteiger partial charge in [0.25, 0.3) is 0 Å². The molecule has 0 amide bonds. The summed E-state index contributed by atoms with van der Waals surface area (Å²) in [7, 11) is 0. The van der Waals surface area contributed by atoms with Crippen LogP contribution in [0.25, 0.3) is 0 Å². The number of rotatable bonds is 5. The van der Waals surface area contributed by atoms with Crippen LogP contribution in [0.3, 0.4) is 0 Å². The molecule has 0 spiro atoms. The number of hydrogen-bond donors (Lipinski definition) is 2. The van der Waals surface area contributed by atoms with Crippen molar-refractivity contribution in [2.75, 3.05) is 18.9 Å². The third-order valence-electron chi connectivity index (χ3n) is 2.20. The van der Waals surface area contributed by atoms with Gasteiger partial charge in [-0.15, -0.1) is 0 Å². The lowest BCUT2D eigenvalue weighted by atomic mass is 10.1. The molecule has 1 rings (SSSR count). The van der Waals surface area contributed by atoms with Gasteiger partial charge in [-0.2, -0.15) is 13.2 Å². The van der Waals surface area contributed by atoms with Gasteiger partial charge in [-0.25, -0.2) is 0 Å². The molecular weight excluding hydrogens is 233 g/mol. The Morgan fingerprint density at radius 2 is 1.88 bits per heavy atom. The fourth-order valence-corrected chi connectivity index (χ4v) is 1.31. The van der Waals surface area contributed by atoms with Crippen molar-refractivity contribution in [2.45, 2.75) is 19.0 Å². The summed E-state index contributed by atoms with van der Waals surface area (Å²) < 4.78 is 42.7. The van der Waals surface area contributed by atoms with Crippen molar-refractivity contribution in [1.82, 2.24) is 0 Å². The Morgan fingerprint density at radius 1 is 1.18 bits per heavy atom. The summed E-state index contributed by atoms with van der Waals surface area (Å²) in [5, 5.41) is 0. The maximum absolute atomic E-state index is 12.5. The molecule has 0 aliphatic heterocycles. The van der Waals surface area contributed by atoms with Crippen molar-refractivity contribution in [2.24, 2.45) is 5.73 Å². The van der Waals surface area contributed by atoms with E-state index in [2.05, 4.69) is 0 Å². The van der Waals surface area contributed by atoms with Crippen molar-refractivity contribution < 1.29 is 17.9 Å². The van der Waals surface area contributed by atoms with E-state index in [1.165, 1.54) is 12.1 Å². The van der Waals surface area contributed by atoms with E-state index in [-0.39, 0.29) is 11.4 Å². The van der Waals surface area contributed by atoms with Crippen LogP contribution < -0.4 is 16.2 Å². The molecule has 17 heavy (non-hydrogen) atoms. The van der Waals surface area contributed by atoms with Crippen LogP contribution in [0.5, 0.6) is 5.75 Å². The molecule has 0 heterocycles. The first-order valence-electron chi connectivity index (χ1n) is 5.24. The Morgan fingerprint density at radius 3 is 2.47 bits per heavy atom. The van der Waals surface area contributed by atoms with Crippen molar-refractivity contribution in [3.05, 3.63) is 23.8 Å².